The molecule has 0 amide bonds. The lowest BCUT2D eigenvalue weighted by molar-refractivity contribution is -0.142. The maximum absolute atomic E-state index is 13.2. The summed E-state index contributed by atoms with van der Waals surface area (Å²) < 4.78 is 38.2. The first-order chi connectivity index (χ1) is 11.6. The fourth-order valence-corrected chi connectivity index (χ4v) is 5.53. The maximum Gasteiger partial charge on any atom is 0.308 e. The van der Waals surface area contributed by atoms with Crippen LogP contribution in [0.15, 0.2) is 17.0 Å². The predicted molar refractivity (Wildman–Crippen MR) is 92.5 cm³/mol. The predicted octanol–water partition coefficient (Wildman–Crippen LogP) is 2.13. The lowest BCUT2D eigenvalue weighted by Gasteiger charge is -2.30. The monoisotopic (exact) mass is 371 g/mol. The van der Waals surface area contributed by atoms with Crippen molar-refractivity contribution in [2.75, 3.05) is 20.8 Å². The highest BCUT2D eigenvalue weighted by Gasteiger charge is 2.46. The Labute approximate surface area is 148 Å². The van der Waals surface area contributed by atoms with Gasteiger partial charge >= 0.3 is 5.97 Å². The first-order valence-electron chi connectivity index (χ1n) is 8.12. The molecule has 0 aliphatic carbocycles. The Morgan fingerprint density at radius 2 is 1.80 bits per heavy atom. The van der Waals surface area contributed by atoms with Crippen molar-refractivity contribution in [3.8, 4) is 11.5 Å². The summed E-state index contributed by atoms with van der Waals surface area (Å²) in [5, 5.41) is 9.43. The minimum atomic E-state index is -3.85. The van der Waals surface area contributed by atoms with Gasteiger partial charge < -0.3 is 14.6 Å². The number of benzene rings is 1. The van der Waals surface area contributed by atoms with Gasteiger partial charge in [-0.15, -0.1) is 0 Å². The van der Waals surface area contributed by atoms with Crippen LogP contribution in [0.5, 0.6) is 11.5 Å². The average Bonchev–Trinajstić information content (AvgIpc) is 3.00. The molecule has 7 nitrogen and oxygen atoms in total. The summed E-state index contributed by atoms with van der Waals surface area (Å²) in [5.41, 5.74) is 0.527. The van der Waals surface area contributed by atoms with Crippen LogP contribution < -0.4 is 9.47 Å². The zero-order chi connectivity index (χ0) is 18.9. The summed E-state index contributed by atoms with van der Waals surface area (Å²) in [4.78, 5) is 11.6. The van der Waals surface area contributed by atoms with E-state index in [0.29, 0.717) is 23.5 Å². The number of nitrogens with zero attached hydrogens (tertiary/aromatic N) is 1. The molecule has 0 spiro atoms. The number of carboxylic acids is 1. The van der Waals surface area contributed by atoms with Crippen molar-refractivity contribution < 1.29 is 27.8 Å². The third-order valence-electron chi connectivity index (χ3n) is 4.67. The molecule has 1 N–H and O–H groups in total. The van der Waals surface area contributed by atoms with Gasteiger partial charge in [0.1, 0.15) is 0 Å². The number of aliphatic carboxylic acids is 1. The fraction of sp³-hybridized carbons (Fsp3) is 0.588. The van der Waals surface area contributed by atoms with Gasteiger partial charge in [0.2, 0.25) is 10.0 Å². The number of aryl methyl sites for hydroxylation is 1. The molecule has 1 aliphatic heterocycles. The second kappa shape index (κ2) is 7.21. The van der Waals surface area contributed by atoms with Crippen molar-refractivity contribution in [1.82, 2.24) is 4.31 Å². The highest BCUT2D eigenvalue weighted by atomic mass is 32.2. The molecule has 0 saturated carbocycles. The van der Waals surface area contributed by atoms with E-state index in [2.05, 4.69) is 0 Å². The van der Waals surface area contributed by atoms with E-state index in [-0.39, 0.29) is 17.4 Å². The van der Waals surface area contributed by atoms with Gasteiger partial charge in [0.15, 0.2) is 11.5 Å². The molecule has 1 aromatic rings. The quantitative estimate of drug-likeness (QED) is 0.823. The third kappa shape index (κ3) is 3.46. The number of carboxylic acid groups (broad SMARTS) is 1. The van der Waals surface area contributed by atoms with E-state index in [1.807, 2.05) is 13.8 Å². The second-order valence-electron chi connectivity index (χ2n) is 6.56. The molecule has 140 valence electrons. The number of rotatable bonds is 6. The molecule has 0 bridgehead atoms. The molecule has 8 heteroatoms. The minimum absolute atomic E-state index is 0.112. The molecule has 1 saturated heterocycles. The molecule has 25 heavy (non-hydrogen) atoms. The Morgan fingerprint density at radius 3 is 2.28 bits per heavy atom. The van der Waals surface area contributed by atoms with Gasteiger partial charge in [-0.2, -0.15) is 4.31 Å². The Hall–Kier alpha value is -1.80. The smallest absolute Gasteiger partial charge is 0.308 e. The molecule has 1 aromatic carbocycles. The number of hydrogen-bond acceptors (Lipinski definition) is 5. The van der Waals surface area contributed by atoms with E-state index in [1.54, 1.807) is 13.0 Å². The molecule has 2 rings (SSSR count). The van der Waals surface area contributed by atoms with Crippen molar-refractivity contribution in [2.45, 2.75) is 38.1 Å². The Bertz CT molecular complexity index is 759. The summed E-state index contributed by atoms with van der Waals surface area (Å²) in [6, 6.07) is 2.48. The molecule has 1 heterocycles. The van der Waals surface area contributed by atoms with Crippen molar-refractivity contribution >= 4 is 16.0 Å². The van der Waals surface area contributed by atoms with E-state index in [0.717, 1.165) is 0 Å². The van der Waals surface area contributed by atoms with Crippen LogP contribution >= 0.6 is 0 Å². The largest absolute Gasteiger partial charge is 0.493 e. The van der Waals surface area contributed by atoms with E-state index in [1.165, 1.54) is 24.6 Å². The van der Waals surface area contributed by atoms with E-state index < -0.39 is 28.0 Å². The molecule has 0 aromatic heterocycles. The van der Waals surface area contributed by atoms with Gasteiger partial charge in [-0.1, -0.05) is 13.8 Å². The zero-order valence-electron chi connectivity index (χ0n) is 15.1. The minimum Gasteiger partial charge on any atom is -0.493 e. The number of carbonyl (C=O) groups is 1. The first-order valence-corrected chi connectivity index (χ1v) is 9.56. The highest BCUT2D eigenvalue weighted by Crippen LogP contribution is 2.38. The number of hydrogen-bond donors (Lipinski definition) is 1. The topological polar surface area (TPSA) is 93.1 Å². The molecular weight excluding hydrogens is 346 g/mol. The second-order valence-corrected chi connectivity index (χ2v) is 8.42. The fourth-order valence-electron chi connectivity index (χ4n) is 3.50. The normalized spacial score (nSPS) is 21.5. The van der Waals surface area contributed by atoms with Gasteiger partial charge in [-0.3, -0.25) is 4.79 Å². The summed E-state index contributed by atoms with van der Waals surface area (Å²) in [5.74, 6) is -1.000. The lowest BCUT2D eigenvalue weighted by Crippen LogP contribution is -2.43. The average molecular weight is 371 g/mol. The Morgan fingerprint density at radius 1 is 1.24 bits per heavy atom. The standard InChI is InChI=1S/C17H25NO6S/c1-10(2)16-12(17(19)20)6-7-18(16)25(21,22)15-9-14(24-5)13(23-4)8-11(15)3/h8-10,12,16H,6-7H2,1-5H3,(H,19,20). The summed E-state index contributed by atoms with van der Waals surface area (Å²) in [7, 11) is -0.928. The van der Waals surface area contributed by atoms with Gasteiger partial charge in [-0.25, -0.2) is 8.42 Å². The SMILES string of the molecule is COc1cc(C)c(S(=O)(=O)N2CCC(C(=O)O)C2C(C)C)cc1OC. The van der Waals surface area contributed by atoms with Crippen LogP contribution in [-0.4, -0.2) is 50.6 Å². The number of ether oxygens (including phenoxy) is 2. The molecule has 2 unspecified atom stereocenters. The molecule has 0 radical (unpaired) electrons. The Kier molecular flexibility index (Phi) is 5.63. The molecular formula is C17H25NO6S. The van der Waals surface area contributed by atoms with Gasteiger partial charge in [-0.05, 0) is 30.9 Å². The summed E-state index contributed by atoms with van der Waals surface area (Å²) in [6.45, 7) is 5.56. The maximum atomic E-state index is 13.2. The van der Waals surface area contributed by atoms with E-state index in [4.69, 9.17) is 9.47 Å². The van der Waals surface area contributed by atoms with Crippen molar-refractivity contribution in [1.29, 1.82) is 0 Å². The van der Waals surface area contributed by atoms with Crippen LogP contribution in [0.25, 0.3) is 0 Å². The van der Waals surface area contributed by atoms with Crippen molar-refractivity contribution in [3.05, 3.63) is 17.7 Å². The van der Waals surface area contributed by atoms with Crippen LogP contribution in [0, 0.1) is 18.8 Å². The zero-order valence-corrected chi connectivity index (χ0v) is 16.0. The lowest BCUT2D eigenvalue weighted by atomic mass is 9.92. The molecule has 1 aliphatic rings. The first kappa shape index (κ1) is 19.5. The van der Waals surface area contributed by atoms with E-state index in [9.17, 15) is 18.3 Å². The van der Waals surface area contributed by atoms with Crippen LogP contribution in [0.2, 0.25) is 0 Å². The summed E-state index contributed by atoms with van der Waals surface area (Å²) in [6.07, 6.45) is 0.309. The van der Waals surface area contributed by atoms with Crippen LogP contribution in [0.1, 0.15) is 25.8 Å². The van der Waals surface area contributed by atoms with Crippen LogP contribution in [0.4, 0.5) is 0 Å². The van der Waals surface area contributed by atoms with E-state index >= 15 is 0 Å². The van der Waals surface area contributed by atoms with Crippen LogP contribution in [-0.2, 0) is 14.8 Å². The highest BCUT2D eigenvalue weighted by molar-refractivity contribution is 7.89. The van der Waals surface area contributed by atoms with Crippen molar-refractivity contribution in [3.63, 3.8) is 0 Å². The van der Waals surface area contributed by atoms with Gasteiger partial charge in [0.05, 0.1) is 25.0 Å². The third-order valence-corrected chi connectivity index (χ3v) is 6.71. The summed E-state index contributed by atoms with van der Waals surface area (Å²) >= 11 is 0. The van der Waals surface area contributed by atoms with Crippen LogP contribution in [0.3, 0.4) is 0 Å². The molecule has 1 fully saturated rings. The number of sulfonamides is 1. The van der Waals surface area contributed by atoms with Gasteiger partial charge in [0.25, 0.3) is 0 Å². The Balaban J connectivity index is 2.53. The van der Waals surface area contributed by atoms with Gasteiger partial charge in [0, 0.05) is 18.7 Å². The number of methoxy groups -OCH3 is 2. The molecule has 2 atom stereocenters. The van der Waals surface area contributed by atoms with Crippen molar-refractivity contribution in [2.24, 2.45) is 11.8 Å².